The summed E-state index contributed by atoms with van der Waals surface area (Å²) in [6.45, 7) is 0. The van der Waals surface area contributed by atoms with E-state index in [1.807, 2.05) is 10.6 Å². The number of rotatable bonds is 2. The Labute approximate surface area is 102 Å². The zero-order valence-corrected chi connectivity index (χ0v) is 9.63. The molecule has 2 heterocycles. The first-order valence-corrected chi connectivity index (χ1v) is 5.66. The Morgan fingerprint density at radius 2 is 2.29 bits per heavy atom. The molecular formula is C11H9ClN4O. The van der Waals surface area contributed by atoms with Crippen LogP contribution in [0.5, 0.6) is 0 Å². The van der Waals surface area contributed by atoms with E-state index in [1.165, 1.54) is 6.33 Å². The van der Waals surface area contributed by atoms with Crippen LogP contribution in [-0.4, -0.2) is 25.8 Å². The van der Waals surface area contributed by atoms with Crippen LogP contribution in [0.3, 0.4) is 0 Å². The van der Waals surface area contributed by atoms with Gasteiger partial charge in [0.2, 0.25) is 0 Å². The Kier molecular flexibility index (Phi) is 2.40. The number of fused-ring (bicyclic) bond motifs is 1. The van der Waals surface area contributed by atoms with Crippen molar-refractivity contribution in [1.29, 1.82) is 0 Å². The average Bonchev–Trinajstić information content (AvgIpc) is 2.94. The minimum Gasteiger partial charge on any atom is -0.308 e. The molecule has 0 aliphatic heterocycles. The van der Waals surface area contributed by atoms with Crippen molar-refractivity contribution in [2.45, 2.75) is 18.9 Å². The predicted octanol–water partition coefficient (Wildman–Crippen LogP) is 1.94. The summed E-state index contributed by atoms with van der Waals surface area (Å²) in [5.74, 6) is 0. The molecule has 0 fully saturated rings. The first-order valence-electron chi connectivity index (χ1n) is 5.28. The van der Waals surface area contributed by atoms with E-state index in [4.69, 9.17) is 11.6 Å². The third kappa shape index (κ3) is 1.63. The Hall–Kier alpha value is -1.75. The predicted molar refractivity (Wildman–Crippen MR) is 62.8 cm³/mol. The van der Waals surface area contributed by atoms with E-state index < -0.39 is 0 Å². The number of carbonyl (C=O) groups excluding carboxylic acids is 1. The summed E-state index contributed by atoms with van der Waals surface area (Å²) in [6.07, 6.45) is 7.65. The van der Waals surface area contributed by atoms with Gasteiger partial charge in [0.1, 0.15) is 18.1 Å². The van der Waals surface area contributed by atoms with E-state index in [2.05, 4.69) is 15.0 Å². The number of nitrogens with zero attached hydrogens (tertiary/aromatic N) is 4. The third-order valence-electron chi connectivity index (χ3n) is 2.96. The van der Waals surface area contributed by atoms with Crippen molar-refractivity contribution >= 4 is 29.1 Å². The van der Waals surface area contributed by atoms with Crippen molar-refractivity contribution in [2.24, 2.45) is 0 Å². The minimum atomic E-state index is 0.131. The van der Waals surface area contributed by atoms with Crippen molar-refractivity contribution in [3.8, 4) is 0 Å². The smallest absolute Gasteiger partial charge is 0.165 e. The van der Waals surface area contributed by atoms with Crippen molar-refractivity contribution < 1.29 is 4.79 Å². The average molecular weight is 249 g/mol. The molecule has 3 rings (SSSR count). The highest BCUT2D eigenvalue weighted by Gasteiger charge is 2.20. The van der Waals surface area contributed by atoms with Crippen LogP contribution in [0, 0.1) is 0 Å². The quantitative estimate of drug-likeness (QED) is 0.602. The Bertz CT molecular complexity index is 619. The van der Waals surface area contributed by atoms with Crippen LogP contribution in [0.1, 0.15) is 18.9 Å². The van der Waals surface area contributed by atoms with Gasteiger partial charge in [0.05, 0.1) is 12.4 Å². The summed E-state index contributed by atoms with van der Waals surface area (Å²) in [5, 5.41) is 0.353. The van der Waals surface area contributed by atoms with Crippen LogP contribution in [0.4, 0.5) is 0 Å². The highest BCUT2D eigenvalue weighted by Crippen LogP contribution is 2.30. The summed E-state index contributed by atoms with van der Waals surface area (Å²) in [4.78, 5) is 23.0. The summed E-state index contributed by atoms with van der Waals surface area (Å²) in [7, 11) is 0. The number of carbonyl (C=O) groups is 1. The molecule has 1 atom stereocenters. The SMILES string of the molecule is O=CC1=CC(n2cnc3c(Cl)ncnc32)CC1. The molecule has 0 saturated heterocycles. The van der Waals surface area contributed by atoms with E-state index in [-0.39, 0.29) is 6.04 Å². The largest absolute Gasteiger partial charge is 0.308 e. The van der Waals surface area contributed by atoms with Gasteiger partial charge in [0.25, 0.3) is 0 Å². The third-order valence-corrected chi connectivity index (χ3v) is 3.23. The fourth-order valence-corrected chi connectivity index (χ4v) is 2.29. The molecule has 17 heavy (non-hydrogen) atoms. The molecule has 0 amide bonds. The molecule has 0 N–H and O–H groups in total. The summed E-state index contributed by atoms with van der Waals surface area (Å²) >= 11 is 5.93. The molecule has 0 spiro atoms. The Morgan fingerprint density at radius 3 is 3.06 bits per heavy atom. The van der Waals surface area contributed by atoms with Gasteiger partial charge in [-0.25, -0.2) is 15.0 Å². The van der Waals surface area contributed by atoms with E-state index in [9.17, 15) is 4.79 Å². The fraction of sp³-hybridized carbons (Fsp3) is 0.273. The maximum absolute atomic E-state index is 10.7. The summed E-state index contributed by atoms with van der Waals surface area (Å²) in [5.41, 5.74) is 2.14. The highest BCUT2D eigenvalue weighted by atomic mass is 35.5. The zero-order chi connectivity index (χ0) is 11.8. The second-order valence-corrected chi connectivity index (χ2v) is 4.31. The lowest BCUT2D eigenvalue weighted by Gasteiger charge is -2.09. The van der Waals surface area contributed by atoms with E-state index in [0.29, 0.717) is 16.3 Å². The van der Waals surface area contributed by atoms with Crippen LogP contribution in [-0.2, 0) is 4.79 Å². The molecular weight excluding hydrogens is 240 g/mol. The van der Waals surface area contributed by atoms with Gasteiger partial charge in [0, 0.05) is 0 Å². The lowest BCUT2D eigenvalue weighted by Crippen LogP contribution is -2.02. The van der Waals surface area contributed by atoms with Gasteiger partial charge in [0.15, 0.2) is 10.8 Å². The molecule has 1 aliphatic rings. The number of aromatic nitrogens is 4. The van der Waals surface area contributed by atoms with Gasteiger partial charge in [-0.2, -0.15) is 0 Å². The van der Waals surface area contributed by atoms with Gasteiger partial charge in [-0.3, -0.25) is 4.79 Å². The lowest BCUT2D eigenvalue weighted by atomic mass is 10.2. The lowest BCUT2D eigenvalue weighted by molar-refractivity contribution is -0.105. The minimum absolute atomic E-state index is 0.131. The number of hydrogen-bond donors (Lipinski definition) is 0. The van der Waals surface area contributed by atoms with Crippen molar-refractivity contribution in [2.75, 3.05) is 0 Å². The van der Waals surface area contributed by atoms with Crippen LogP contribution < -0.4 is 0 Å². The maximum atomic E-state index is 10.7. The fourth-order valence-electron chi connectivity index (χ4n) is 2.11. The zero-order valence-electron chi connectivity index (χ0n) is 8.88. The molecule has 0 aromatic carbocycles. The maximum Gasteiger partial charge on any atom is 0.165 e. The van der Waals surface area contributed by atoms with E-state index in [0.717, 1.165) is 24.7 Å². The molecule has 0 radical (unpaired) electrons. The van der Waals surface area contributed by atoms with Crippen LogP contribution in [0.25, 0.3) is 11.2 Å². The number of hydrogen-bond acceptors (Lipinski definition) is 4. The standard InChI is InChI=1S/C11H9ClN4O/c12-10-9-11(14-5-13-10)16(6-15-9)8-2-1-7(3-8)4-17/h3-6,8H,1-2H2. The Morgan fingerprint density at radius 1 is 1.41 bits per heavy atom. The summed E-state index contributed by atoms with van der Waals surface area (Å²) in [6, 6.07) is 0.131. The van der Waals surface area contributed by atoms with Crippen LogP contribution in [0.15, 0.2) is 24.3 Å². The number of imidazole rings is 1. The second kappa shape index (κ2) is 3.92. The van der Waals surface area contributed by atoms with Gasteiger partial charge in [-0.15, -0.1) is 0 Å². The summed E-state index contributed by atoms with van der Waals surface area (Å²) < 4.78 is 1.93. The highest BCUT2D eigenvalue weighted by molar-refractivity contribution is 6.33. The van der Waals surface area contributed by atoms with Crippen molar-refractivity contribution in [3.63, 3.8) is 0 Å². The van der Waals surface area contributed by atoms with Gasteiger partial charge >= 0.3 is 0 Å². The molecule has 6 heteroatoms. The molecule has 2 aromatic heterocycles. The Balaban J connectivity index is 2.10. The van der Waals surface area contributed by atoms with Gasteiger partial charge in [-0.05, 0) is 18.4 Å². The van der Waals surface area contributed by atoms with Crippen LogP contribution >= 0.6 is 11.6 Å². The topological polar surface area (TPSA) is 60.7 Å². The van der Waals surface area contributed by atoms with Crippen molar-refractivity contribution in [3.05, 3.63) is 29.5 Å². The van der Waals surface area contributed by atoms with Gasteiger partial charge < -0.3 is 4.57 Å². The molecule has 86 valence electrons. The molecule has 1 unspecified atom stereocenters. The molecule has 5 nitrogen and oxygen atoms in total. The van der Waals surface area contributed by atoms with Crippen molar-refractivity contribution in [1.82, 2.24) is 19.5 Å². The second-order valence-electron chi connectivity index (χ2n) is 3.95. The molecule has 1 aliphatic carbocycles. The molecule has 2 aromatic rings. The normalized spacial score (nSPS) is 19.6. The first-order chi connectivity index (χ1) is 8.29. The van der Waals surface area contributed by atoms with E-state index >= 15 is 0 Å². The molecule has 0 saturated carbocycles. The first kappa shape index (κ1) is 10.4. The van der Waals surface area contributed by atoms with Gasteiger partial charge in [-0.1, -0.05) is 17.7 Å². The van der Waals surface area contributed by atoms with Crippen LogP contribution in [0.2, 0.25) is 5.15 Å². The molecule has 0 bridgehead atoms. The monoisotopic (exact) mass is 248 g/mol. The number of halogens is 1. The number of allylic oxidation sites excluding steroid dienone is 2. The van der Waals surface area contributed by atoms with E-state index in [1.54, 1.807) is 6.33 Å². The number of aldehydes is 1.